The van der Waals surface area contributed by atoms with Gasteiger partial charge in [0.1, 0.15) is 23.2 Å². The predicted molar refractivity (Wildman–Crippen MR) is 118 cm³/mol. The summed E-state index contributed by atoms with van der Waals surface area (Å²) >= 11 is 12.2. The maximum absolute atomic E-state index is 12.7. The number of anilines is 1. The van der Waals surface area contributed by atoms with Gasteiger partial charge in [-0.05, 0) is 42.5 Å². The molecule has 0 atom stereocenters. The van der Waals surface area contributed by atoms with Gasteiger partial charge in [0.2, 0.25) is 0 Å². The highest BCUT2D eigenvalue weighted by atomic mass is 35.5. The molecule has 2 aromatic heterocycles. The van der Waals surface area contributed by atoms with Crippen LogP contribution in [0.3, 0.4) is 0 Å². The average Bonchev–Trinajstić information content (AvgIpc) is 3.22. The third-order valence-electron chi connectivity index (χ3n) is 4.35. The van der Waals surface area contributed by atoms with E-state index in [1.165, 1.54) is 6.08 Å². The Morgan fingerprint density at radius 2 is 1.93 bits per heavy atom. The molecule has 4 rings (SSSR count). The molecular weight excluding hydrogens is 421 g/mol. The molecule has 0 radical (unpaired) electrons. The zero-order chi connectivity index (χ0) is 21.1. The second-order valence-corrected chi connectivity index (χ2v) is 7.17. The zero-order valence-electron chi connectivity index (χ0n) is 15.4. The zero-order valence-corrected chi connectivity index (χ0v) is 16.9. The number of carbonyl (C=O) groups is 1. The highest BCUT2D eigenvalue weighted by Gasteiger charge is 2.14. The molecule has 0 saturated carbocycles. The number of fused-ring (bicyclic) bond motifs is 1. The van der Waals surface area contributed by atoms with Crippen LogP contribution in [-0.2, 0) is 4.79 Å². The molecular formula is C23H13Cl2N3O2. The van der Waals surface area contributed by atoms with Gasteiger partial charge in [0.15, 0.2) is 0 Å². The Labute approximate surface area is 182 Å². The van der Waals surface area contributed by atoms with E-state index in [1.807, 2.05) is 30.3 Å². The van der Waals surface area contributed by atoms with Gasteiger partial charge >= 0.3 is 0 Å². The van der Waals surface area contributed by atoms with Crippen LogP contribution in [0.5, 0.6) is 0 Å². The van der Waals surface area contributed by atoms with Crippen LogP contribution in [0.2, 0.25) is 10.0 Å². The number of nitrogens with zero attached hydrogens (tertiary/aromatic N) is 2. The minimum atomic E-state index is -0.561. The van der Waals surface area contributed by atoms with Gasteiger partial charge in [0.05, 0.1) is 16.2 Å². The first-order valence-corrected chi connectivity index (χ1v) is 9.63. The van der Waals surface area contributed by atoms with Crippen molar-refractivity contribution in [1.82, 2.24) is 4.98 Å². The highest BCUT2D eigenvalue weighted by molar-refractivity contribution is 6.35. The molecule has 1 amide bonds. The molecule has 146 valence electrons. The fourth-order valence-electron chi connectivity index (χ4n) is 2.95. The Bertz CT molecular complexity index is 1330. The average molecular weight is 434 g/mol. The van der Waals surface area contributed by atoms with E-state index in [0.29, 0.717) is 38.3 Å². The lowest BCUT2D eigenvalue weighted by Gasteiger charge is -2.07. The topological polar surface area (TPSA) is 78.9 Å². The van der Waals surface area contributed by atoms with Crippen LogP contribution >= 0.6 is 23.2 Å². The van der Waals surface area contributed by atoms with E-state index >= 15 is 0 Å². The van der Waals surface area contributed by atoms with E-state index in [-0.39, 0.29) is 5.57 Å². The number of hydrogen-bond donors (Lipinski definition) is 1. The van der Waals surface area contributed by atoms with Crippen LogP contribution < -0.4 is 5.32 Å². The van der Waals surface area contributed by atoms with Crippen LogP contribution in [0.1, 0.15) is 5.76 Å². The number of para-hydroxylation sites is 1. The molecule has 4 aromatic rings. The largest absolute Gasteiger partial charge is 0.457 e. The van der Waals surface area contributed by atoms with Gasteiger partial charge in [-0.1, -0.05) is 41.4 Å². The SMILES string of the molecule is N#C/C(=C/c1ccc(-c2cc(Cl)ccc2Cl)o1)C(=O)Nc1cccc2cccnc12. The lowest BCUT2D eigenvalue weighted by molar-refractivity contribution is -0.112. The molecule has 0 spiro atoms. The van der Waals surface area contributed by atoms with Gasteiger partial charge in [-0.15, -0.1) is 0 Å². The number of pyridine rings is 1. The van der Waals surface area contributed by atoms with Crippen molar-refractivity contribution >= 4 is 51.8 Å². The third-order valence-corrected chi connectivity index (χ3v) is 4.92. The molecule has 5 nitrogen and oxygen atoms in total. The van der Waals surface area contributed by atoms with Crippen molar-refractivity contribution in [2.75, 3.05) is 5.32 Å². The molecule has 2 aromatic carbocycles. The summed E-state index contributed by atoms with van der Waals surface area (Å²) in [4.78, 5) is 17.0. The van der Waals surface area contributed by atoms with Crippen molar-refractivity contribution in [3.05, 3.63) is 88.2 Å². The summed E-state index contributed by atoms with van der Waals surface area (Å²) in [7, 11) is 0. The van der Waals surface area contributed by atoms with E-state index in [4.69, 9.17) is 27.6 Å². The van der Waals surface area contributed by atoms with Gasteiger partial charge in [0, 0.05) is 28.2 Å². The summed E-state index contributed by atoms with van der Waals surface area (Å²) < 4.78 is 5.75. The quantitative estimate of drug-likeness (QED) is 0.300. The predicted octanol–water partition coefficient (Wildman–Crippen LogP) is 6.35. The Balaban J connectivity index is 1.61. The number of amides is 1. The van der Waals surface area contributed by atoms with E-state index in [2.05, 4.69) is 10.3 Å². The molecule has 0 saturated heterocycles. The molecule has 0 aliphatic rings. The second kappa shape index (κ2) is 8.42. The smallest absolute Gasteiger partial charge is 0.266 e. The van der Waals surface area contributed by atoms with Crippen molar-refractivity contribution < 1.29 is 9.21 Å². The fourth-order valence-corrected chi connectivity index (χ4v) is 3.33. The minimum absolute atomic E-state index is 0.110. The lowest BCUT2D eigenvalue weighted by atomic mass is 10.1. The second-order valence-electron chi connectivity index (χ2n) is 6.33. The van der Waals surface area contributed by atoms with Crippen molar-refractivity contribution in [3.8, 4) is 17.4 Å². The van der Waals surface area contributed by atoms with Crippen molar-refractivity contribution in [1.29, 1.82) is 5.26 Å². The number of rotatable bonds is 4. The lowest BCUT2D eigenvalue weighted by Crippen LogP contribution is -2.13. The number of nitriles is 1. The van der Waals surface area contributed by atoms with Crippen LogP contribution in [-0.4, -0.2) is 10.9 Å². The van der Waals surface area contributed by atoms with E-state index in [9.17, 15) is 10.1 Å². The molecule has 30 heavy (non-hydrogen) atoms. The van der Waals surface area contributed by atoms with Gasteiger partial charge in [-0.25, -0.2) is 0 Å². The van der Waals surface area contributed by atoms with Gasteiger partial charge in [0.25, 0.3) is 5.91 Å². The van der Waals surface area contributed by atoms with Crippen molar-refractivity contribution in [3.63, 3.8) is 0 Å². The number of halogens is 2. The first kappa shape index (κ1) is 19.7. The Morgan fingerprint density at radius 1 is 1.10 bits per heavy atom. The van der Waals surface area contributed by atoms with Crippen LogP contribution in [0.4, 0.5) is 5.69 Å². The van der Waals surface area contributed by atoms with Gasteiger partial charge in [-0.2, -0.15) is 5.26 Å². The highest BCUT2D eigenvalue weighted by Crippen LogP contribution is 2.32. The van der Waals surface area contributed by atoms with Crippen LogP contribution in [0, 0.1) is 11.3 Å². The number of hydrogen-bond acceptors (Lipinski definition) is 4. The maximum Gasteiger partial charge on any atom is 0.266 e. The van der Waals surface area contributed by atoms with Crippen LogP contribution in [0.25, 0.3) is 28.3 Å². The third kappa shape index (κ3) is 4.06. The molecule has 7 heteroatoms. The number of nitrogens with one attached hydrogen (secondary N) is 1. The normalized spacial score (nSPS) is 11.3. The number of furan rings is 1. The van der Waals surface area contributed by atoms with Crippen LogP contribution in [0.15, 0.2) is 76.9 Å². The van der Waals surface area contributed by atoms with E-state index in [0.717, 1.165) is 5.39 Å². The molecule has 1 N–H and O–H groups in total. The fraction of sp³-hybridized carbons (Fsp3) is 0. The van der Waals surface area contributed by atoms with Crippen molar-refractivity contribution in [2.45, 2.75) is 0 Å². The number of benzene rings is 2. The molecule has 0 fully saturated rings. The van der Waals surface area contributed by atoms with Gasteiger partial charge < -0.3 is 9.73 Å². The summed E-state index contributed by atoms with van der Waals surface area (Å²) in [6, 6.07) is 19.4. The molecule has 0 aliphatic heterocycles. The summed E-state index contributed by atoms with van der Waals surface area (Å²) in [5, 5.41) is 14.1. The summed E-state index contributed by atoms with van der Waals surface area (Å²) in [6.45, 7) is 0. The summed E-state index contributed by atoms with van der Waals surface area (Å²) in [6.07, 6.45) is 3.01. The number of carbonyl (C=O) groups excluding carboxylic acids is 1. The number of aromatic nitrogens is 1. The minimum Gasteiger partial charge on any atom is -0.457 e. The first-order valence-electron chi connectivity index (χ1n) is 8.87. The Morgan fingerprint density at radius 3 is 2.77 bits per heavy atom. The Hall–Kier alpha value is -3.59. The molecule has 0 bridgehead atoms. The van der Waals surface area contributed by atoms with E-state index in [1.54, 1.807) is 42.6 Å². The summed E-state index contributed by atoms with van der Waals surface area (Å²) in [5.74, 6) is 0.253. The van der Waals surface area contributed by atoms with Crippen molar-refractivity contribution in [2.24, 2.45) is 0 Å². The summed E-state index contributed by atoms with van der Waals surface area (Å²) in [5.41, 5.74) is 1.67. The molecule has 2 heterocycles. The standard InChI is InChI=1S/C23H13Cl2N3O2/c24-16-6-8-19(25)18(12-16)21-9-7-17(30-21)11-15(13-26)23(29)28-20-5-1-3-14-4-2-10-27-22(14)20/h1-12H,(H,28,29)/b15-11-. The molecule has 0 unspecified atom stereocenters. The van der Waals surface area contributed by atoms with Gasteiger partial charge in [-0.3, -0.25) is 9.78 Å². The first-order chi connectivity index (χ1) is 14.5. The van der Waals surface area contributed by atoms with E-state index < -0.39 is 5.91 Å². The Kier molecular flexibility index (Phi) is 5.53. The monoisotopic (exact) mass is 433 g/mol. The molecule has 0 aliphatic carbocycles. The maximum atomic E-state index is 12.7.